The summed E-state index contributed by atoms with van der Waals surface area (Å²) in [6.45, 7) is 1.23. The highest BCUT2D eigenvalue weighted by atomic mass is 35.5. The van der Waals surface area contributed by atoms with Gasteiger partial charge < -0.3 is 19.5 Å². The molecule has 3 aromatic rings. The molecular weight excluding hydrogens is 536 g/mol. The molecule has 10 nitrogen and oxygen atoms in total. The zero-order valence-electron chi connectivity index (χ0n) is 20.7. The van der Waals surface area contributed by atoms with Gasteiger partial charge in [-0.1, -0.05) is 41.9 Å². The monoisotopic (exact) mass is 560 g/mol. The van der Waals surface area contributed by atoms with Gasteiger partial charge in [-0.15, -0.1) is 0 Å². The smallest absolute Gasteiger partial charge is 0.337 e. The van der Waals surface area contributed by atoms with Crippen LogP contribution in [0.3, 0.4) is 0 Å². The van der Waals surface area contributed by atoms with Gasteiger partial charge in [0.25, 0.3) is 5.91 Å². The minimum absolute atomic E-state index is 0.0197. The molecule has 200 valence electrons. The highest BCUT2D eigenvalue weighted by molar-refractivity contribution is 7.89. The molecule has 0 bridgehead atoms. The Labute approximate surface area is 224 Å². The summed E-state index contributed by atoms with van der Waals surface area (Å²) in [5.41, 5.74) is 0.986. The molecule has 0 unspecified atom stereocenters. The lowest BCUT2D eigenvalue weighted by Gasteiger charge is -2.15. The molecule has 0 fully saturated rings. The average Bonchev–Trinajstić information content (AvgIpc) is 2.91. The van der Waals surface area contributed by atoms with E-state index in [1.165, 1.54) is 50.6 Å². The standard InChI is InChI=1S/C26H25ClN2O8S/c1-16(17-7-5-4-6-8-17)29-38(33,34)21-9-10-23(22(27)14-21)37-15-24(30)28-20-12-18(25(31)35-2)11-19(13-20)26(32)36-3/h4-14,16,29H,15H2,1-3H3,(H,28,30)/t16-/m1/s1. The van der Waals surface area contributed by atoms with Gasteiger partial charge in [-0.25, -0.2) is 22.7 Å². The van der Waals surface area contributed by atoms with Crippen LogP contribution >= 0.6 is 11.6 Å². The first kappa shape index (κ1) is 28.6. The SMILES string of the molecule is COC(=O)c1cc(NC(=O)COc2ccc(S(=O)(=O)N[C@H](C)c3ccccc3)cc2Cl)cc(C(=O)OC)c1. The fraction of sp³-hybridized carbons (Fsp3) is 0.192. The summed E-state index contributed by atoms with van der Waals surface area (Å²) in [7, 11) is -1.53. The molecule has 0 radical (unpaired) electrons. The van der Waals surface area contributed by atoms with Gasteiger partial charge in [-0.3, -0.25) is 4.79 Å². The maximum Gasteiger partial charge on any atom is 0.337 e. The Bertz CT molecular complexity index is 1410. The summed E-state index contributed by atoms with van der Waals surface area (Å²) < 4.78 is 43.0. The third-order valence-electron chi connectivity index (χ3n) is 5.26. The quantitative estimate of drug-likeness (QED) is 0.355. The molecule has 0 spiro atoms. The number of esters is 2. The van der Waals surface area contributed by atoms with Crippen LogP contribution in [0.4, 0.5) is 5.69 Å². The van der Waals surface area contributed by atoms with E-state index in [0.717, 1.165) is 5.56 Å². The number of methoxy groups -OCH3 is 2. The van der Waals surface area contributed by atoms with Gasteiger partial charge in [0, 0.05) is 11.7 Å². The zero-order chi connectivity index (χ0) is 27.9. The number of carbonyl (C=O) groups is 3. The molecule has 3 rings (SSSR count). The van der Waals surface area contributed by atoms with Crippen molar-refractivity contribution in [3.8, 4) is 5.75 Å². The van der Waals surface area contributed by atoms with Crippen LogP contribution in [0.15, 0.2) is 71.6 Å². The van der Waals surface area contributed by atoms with Crippen molar-refractivity contribution in [3.63, 3.8) is 0 Å². The third kappa shape index (κ3) is 7.31. The summed E-state index contributed by atoms with van der Waals surface area (Å²) in [6, 6.07) is 16.4. The van der Waals surface area contributed by atoms with Crippen molar-refractivity contribution in [3.05, 3.63) is 88.4 Å². The Kier molecular flexibility index (Phi) is 9.45. The largest absolute Gasteiger partial charge is 0.482 e. The molecule has 12 heteroatoms. The van der Waals surface area contributed by atoms with Gasteiger partial charge in [0.15, 0.2) is 6.61 Å². The minimum atomic E-state index is -3.89. The number of amides is 1. The number of halogens is 1. The summed E-state index contributed by atoms with van der Waals surface area (Å²) in [4.78, 5) is 36.2. The lowest BCUT2D eigenvalue weighted by molar-refractivity contribution is -0.118. The van der Waals surface area contributed by atoms with E-state index < -0.39 is 40.5 Å². The zero-order valence-corrected chi connectivity index (χ0v) is 22.3. The van der Waals surface area contributed by atoms with Crippen molar-refractivity contribution in [2.45, 2.75) is 17.9 Å². The highest BCUT2D eigenvalue weighted by Crippen LogP contribution is 2.28. The van der Waals surface area contributed by atoms with Crippen molar-refractivity contribution in [1.82, 2.24) is 4.72 Å². The Morgan fingerprint density at radius 2 is 1.50 bits per heavy atom. The lowest BCUT2D eigenvalue weighted by Crippen LogP contribution is -2.27. The summed E-state index contributed by atoms with van der Waals surface area (Å²) in [6.07, 6.45) is 0. The van der Waals surface area contributed by atoms with Gasteiger partial charge in [-0.2, -0.15) is 0 Å². The first-order valence-electron chi connectivity index (χ1n) is 11.1. The average molecular weight is 561 g/mol. The number of benzene rings is 3. The molecule has 0 saturated carbocycles. The second-order valence-electron chi connectivity index (χ2n) is 7.96. The summed E-state index contributed by atoms with van der Waals surface area (Å²) in [5, 5.41) is 2.49. The molecule has 3 aromatic carbocycles. The number of anilines is 1. The van der Waals surface area contributed by atoms with Crippen molar-refractivity contribution in [1.29, 1.82) is 0 Å². The number of nitrogens with one attached hydrogen (secondary N) is 2. The van der Waals surface area contributed by atoms with Crippen LogP contribution in [0.1, 0.15) is 39.2 Å². The lowest BCUT2D eigenvalue weighted by atomic mass is 10.1. The Balaban J connectivity index is 1.67. The number of ether oxygens (including phenoxy) is 3. The van der Waals surface area contributed by atoms with Gasteiger partial charge >= 0.3 is 11.9 Å². The van der Waals surface area contributed by atoms with E-state index in [1.807, 2.05) is 30.3 Å². The van der Waals surface area contributed by atoms with Gasteiger partial charge in [0.1, 0.15) is 5.75 Å². The molecule has 0 saturated heterocycles. The van der Waals surface area contributed by atoms with E-state index in [1.54, 1.807) is 6.92 Å². The van der Waals surface area contributed by atoms with Crippen LogP contribution in [0.25, 0.3) is 0 Å². The molecule has 0 aliphatic rings. The molecule has 0 aliphatic carbocycles. The number of carbonyl (C=O) groups excluding carboxylic acids is 3. The van der Waals surface area contributed by atoms with Crippen LogP contribution in [0.2, 0.25) is 5.02 Å². The normalized spacial score (nSPS) is 11.8. The summed E-state index contributed by atoms with van der Waals surface area (Å²) >= 11 is 6.22. The predicted octanol–water partition coefficient (Wildman–Crippen LogP) is 3.97. The minimum Gasteiger partial charge on any atom is -0.482 e. The van der Waals surface area contributed by atoms with Crippen LogP contribution in [0.5, 0.6) is 5.75 Å². The maximum absolute atomic E-state index is 12.8. The molecule has 0 aromatic heterocycles. The van der Waals surface area contributed by atoms with E-state index in [9.17, 15) is 22.8 Å². The van der Waals surface area contributed by atoms with Gasteiger partial charge in [0.05, 0.1) is 35.3 Å². The number of sulfonamides is 1. The van der Waals surface area contributed by atoms with E-state index in [-0.39, 0.29) is 32.5 Å². The fourth-order valence-electron chi connectivity index (χ4n) is 3.39. The predicted molar refractivity (Wildman–Crippen MR) is 140 cm³/mol. The van der Waals surface area contributed by atoms with Crippen LogP contribution < -0.4 is 14.8 Å². The molecule has 0 aliphatic heterocycles. The number of hydrogen-bond acceptors (Lipinski definition) is 8. The van der Waals surface area contributed by atoms with Crippen molar-refractivity contribution in [2.75, 3.05) is 26.1 Å². The molecule has 1 amide bonds. The first-order valence-corrected chi connectivity index (χ1v) is 13.0. The topological polar surface area (TPSA) is 137 Å². The van der Waals surface area contributed by atoms with Crippen LogP contribution in [0, 0.1) is 0 Å². The molecule has 2 N–H and O–H groups in total. The molecule has 38 heavy (non-hydrogen) atoms. The van der Waals surface area contributed by atoms with E-state index in [2.05, 4.69) is 19.5 Å². The molecular formula is C26H25ClN2O8S. The van der Waals surface area contributed by atoms with Crippen LogP contribution in [-0.2, 0) is 24.3 Å². The van der Waals surface area contributed by atoms with E-state index in [4.69, 9.17) is 16.3 Å². The Morgan fingerprint density at radius 3 is 2.05 bits per heavy atom. The fourth-order valence-corrected chi connectivity index (χ4v) is 4.95. The second kappa shape index (κ2) is 12.5. The summed E-state index contributed by atoms with van der Waals surface area (Å²) in [5.74, 6) is -1.97. The van der Waals surface area contributed by atoms with Crippen molar-refractivity contribution in [2.24, 2.45) is 0 Å². The second-order valence-corrected chi connectivity index (χ2v) is 10.1. The van der Waals surface area contributed by atoms with E-state index >= 15 is 0 Å². The number of hydrogen-bond donors (Lipinski definition) is 2. The third-order valence-corrected chi connectivity index (χ3v) is 7.10. The maximum atomic E-state index is 12.8. The first-order chi connectivity index (χ1) is 18.0. The number of rotatable bonds is 10. The molecule has 1 atom stereocenters. The Hall–Kier alpha value is -3.93. The highest BCUT2D eigenvalue weighted by Gasteiger charge is 2.20. The van der Waals surface area contributed by atoms with Gasteiger partial charge in [0.2, 0.25) is 10.0 Å². The van der Waals surface area contributed by atoms with E-state index in [0.29, 0.717) is 0 Å². The molecule has 0 heterocycles. The van der Waals surface area contributed by atoms with Gasteiger partial charge in [-0.05, 0) is 48.9 Å². The van der Waals surface area contributed by atoms with Crippen molar-refractivity contribution >= 4 is 45.2 Å². The van der Waals surface area contributed by atoms with Crippen molar-refractivity contribution < 1.29 is 37.0 Å². The Morgan fingerprint density at radius 1 is 0.895 bits per heavy atom. The van der Waals surface area contributed by atoms with Crippen LogP contribution in [-0.4, -0.2) is 47.1 Å².